The number of nitrogens with one attached hydrogen (secondary N) is 1. The summed E-state index contributed by atoms with van der Waals surface area (Å²) in [6, 6.07) is 7.61. The van der Waals surface area contributed by atoms with E-state index in [4.69, 9.17) is 9.47 Å². The second kappa shape index (κ2) is 10.4. The average molecular weight is 468 g/mol. The van der Waals surface area contributed by atoms with Gasteiger partial charge in [0.05, 0.1) is 29.8 Å². The molecule has 1 aromatic rings. The number of ether oxygens (including phenoxy) is 2. The minimum absolute atomic E-state index is 0.0800. The highest BCUT2D eigenvalue weighted by molar-refractivity contribution is 8.16. The highest BCUT2D eigenvalue weighted by atomic mass is 32.2. The van der Waals surface area contributed by atoms with Crippen molar-refractivity contribution in [2.24, 2.45) is 4.99 Å². The van der Waals surface area contributed by atoms with Crippen molar-refractivity contribution >= 4 is 28.8 Å². The van der Waals surface area contributed by atoms with Gasteiger partial charge in [0.25, 0.3) is 0 Å². The van der Waals surface area contributed by atoms with E-state index in [1.165, 1.54) is 11.8 Å². The zero-order valence-corrected chi connectivity index (χ0v) is 19.8. The van der Waals surface area contributed by atoms with Gasteiger partial charge in [-0.15, -0.1) is 0 Å². The lowest BCUT2D eigenvalue weighted by Crippen LogP contribution is -2.38. The number of aliphatic imine (C=N–C) groups is 1. The summed E-state index contributed by atoms with van der Waals surface area (Å²) >= 11 is 1.46. The van der Waals surface area contributed by atoms with E-state index in [9.17, 15) is 9.59 Å². The molecule has 0 unspecified atom stereocenters. The van der Waals surface area contributed by atoms with Gasteiger partial charge >= 0.3 is 5.97 Å². The molecule has 0 saturated carbocycles. The fourth-order valence-corrected chi connectivity index (χ4v) is 5.22. The van der Waals surface area contributed by atoms with Crippen molar-refractivity contribution in [1.29, 1.82) is 0 Å². The van der Waals surface area contributed by atoms with E-state index in [1.807, 2.05) is 42.4 Å². The van der Waals surface area contributed by atoms with Crippen LogP contribution in [0.5, 0.6) is 0 Å². The first-order valence-corrected chi connectivity index (χ1v) is 12.0. The number of amidine groups is 1. The Hall–Kier alpha value is -2.84. The Kier molecular flexibility index (Phi) is 7.35. The molecule has 1 amide bonds. The number of hydrogen-bond acceptors (Lipinski definition) is 7. The Morgan fingerprint density at radius 3 is 2.97 bits per heavy atom. The Balaban J connectivity index is 1.60. The predicted molar refractivity (Wildman–Crippen MR) is 129 cm³/mol. The van der Waals surface area contributed by atoms with E-state index in [0.717, 1.165) is 41.4 Å². The second-order valence-electron chi connectivity index (χ2n) is 8.31. The van der Waals surface area contributed by atoms with Crippen molar-refractivity contribution in [2.75, 3.05) is 19.8 Å². The largest absolute Gasteiger partial charge is 0.458 e. The highest BCUT2D eigenvalue weighted by Crippen LogP contribution is 2.44. The van der Waals surface area contributed by atoms with E-state index in [0.29, 0.717) is 17.8 Å². The van der Waals surface area contributed by atoms with Crippen molar-refractivity contribution < 1.29 is 19.1 Å². The van der Waals surface area contributed by atoms with Crippen LogP contribution >= 0.6 is 11.8 Å². The number of allylic oxidation sites excluding steroid dienone is 1. The summed E-state index contributed by atoms with van der Waals surface area (Å²) in [5.41, 5.74) is 3.92. The van der Waals surface area contributed by atoms with E-state index in [2.05, 4.69) is 23.0 Å². The third-order valence-electron chi connectivity index (χ3n) is 5.80. The van der Waals surface area contributed by atoms with Gasteiger partial charge in [0.2, 0.25) is 5.91 Å². The monoisotopic (exact) mass is 467 g/mol. The molecule has 7 nitrogen and oxygen atoms in total. The minimum Gasteiger partial charge on any atom is -0.458 e. The molecule has 0 radical (unpaired) electrons. The number of esters is 1. The van der Waals surface area contributed by atoms with Gasteiger partial charge in [-0.3, -0.25) is 4.79 Å². The van der Waals surface area contributed by atoms with Crippen LogP contribution in [0.25, 0.3) is 0 Å². The topological polar surface area (TPSA) is 80.2 Å². The first-order chi connectivity index (χ1) is 16.0. The second-order valence-corrected chi connectivity index (χ2v) is 9.15. The number of carbonyl (C=O) groups excluding carboxylic acids is 2. The van der Waals surface area contributed by atoms with Crippen LogP contribution in [-0.2, 0) is 19.1 Å². The first kappa shape index (κ1) is 23.3. The smallest absolute Gasteiger partial charge is 0.338 e. The summed E-state index contributed by atoms with van der Waals surface area (Å²) in [5, 5.41) is 5.68. The zero-order valence-electron chi connectivity index (χ0n) is 19.0. The van der Waals surface area contributed by atoms with Gasteiger partial charge < -0.3 is 19.7 Å². The van der Waals surface area contributed by atoms with Gasteiger partial charge in [-0.25, -0.2) is 9.79 Å². The summed E-state index contributed by atoms with van der Waals surface area (Å²) in [4.78, 5) is 32.5. The first-order valence-electron chi connectivity index (χ1n) is 11.1. The van der Waals surface area contributed by atoms with Gasteiger partial charge in [0.15, 0.2) is 5.17 Å². The standard InChI is InChI=1S/C25H29N3O4S/c1-4-10-32-24(30)22-17(3)27-25-28(23(22)18-8-5-7-16(2)12-18)19(15-33-25)13-21(29)26-14-20-9-6-11-31-20/h4-5,7-8,12,15,20,23H,1,6,9-11,13-14H2,2-3H3,(H,26,29)/t20-,23-/m1/s1. The Labute approximate surface area is 198 Å². The predicted octanol–water partition coefficient (Wildman–Crippen LogP) is 3.98. The molecule has 2 atom stereocenters. The van der Waals surface area contributed by atoms with Crippen LogP contribution < -0.4 is 5.32 Å². The summed E-state index contributed by atoms with van der Waals surface area (Å²) in [5.74, 6) is -0.510. The number of nitrogens with zero attached hydrogens (tertiary/aromatic N) is 2. The number of aryl methyl sites for hydroxylation is 1. The van der Waals surface area contributed by atoms with E-state index in [1.54, 1.807) is 6.08 Å². The normalized spacial score (nSPS) is 21.9. The zero-order chi connectivity index (χ0) is 23.4. The van der Waals surface area contributed by atoms with Crippen LogP contribution in [0.4, 0.5) is 0 Å². The number of hydrogen-bond donors (Lipinski definition) is 1. The molecule has 1 fully saturated rings. The highest BCUT2D eigenvalue weighted by Gasteiger charge is 2.41. The Bertz CT molecular complexity index is 1040. The number of amides is 1. The average Bonchev–Trinajstić information content (AvgIpc) is 3.45. The molecule has 1 N–H and O–H groups in total. The maximum Gasteiger partial charge on any atom is 0.338 e. The fraction of sp³-hybridized carbons (Fsp3) is 0.400. The molecule has 0 aromatic heterocycles. The van der Waals surface area contributed by atoms with Crippen molar-refractivity contribution in [3.8, 4) is 0 Å². The van der Waals surface area contributed by atoms with Crippen LogP contribution in [-0.4, -0.2) is 47.8 Å². The van der Waals surface area contributed by atoms with Gasteiger partial charge in [0.1, 0.15) is 6.61 Å². The molecule has 0 aliphatic carbocycles. The molecular formula is C25H29N3O4S. The minimum atomic E-state index is -0.430. The van der Waals surface area contributed by atoms with Crippen LogP contribution in [0.3, 0.4) is 0 Å². The molecule has 0 bridgehead atoms. The lowest BCUT2D eigenvalue weighted by molar-refractivity contribution is -0.138. The molecule has 3 aliphatic heterocycles. The van der Waals surface area contributed by atoms with E-state index in [-0.39, 0.29) is 25.0 Å². The quantitative estimate of drug-likeness (QED) is 0.460. The molecule has 174 valence electrons. The molecule has 3 aliphatic rings. The number of benzene rings is 1. The van der Waals surface area contributed by atoms with Gasteiger partial charge in [0, 0.05) is 18.8 Å². The molecule has 3 heterocycles. The van der Waals surface area contributed by atoms with Crippen LogP contribution in [0.2, 0.25) is 0 Å². The lowest BCUT2D eigenvalue weighted by atomic mass is 9.93. The van der Waals surface area contributed by atoms with Crippen LogP contribution in [0, 0.1) is 6.92 Å². The maximum absolute atomic E-state index is 13.1. The van der Waals surface area contributed by atoms with Gasteiger partial charge in [-0.2, -0.15) is 0 Å². The van der Waals surface area contributed by atoms with Gasteiger partial charge in [-0.05, 0) is 37.7 Å². The fourth-order valence-electron chi connectivity index (χ4n) is 4.26. The molecule has 8 heteroatoms. The number of fused-ring (bicyclic) bond motifs is 1. The number of thioether (sulfide) groups is 1. The summed E-state index contributed by atoms with van der Waals surface area (Å²) in [6.07, 6.45) is 3.82. The SMILES string of the molecule is C=CCOC(=O)C1=C(C)N=C2SC=C(CC(=O)NC[C@H]3CCCO3)N2[C@@H]1c1cccc(C)c1. The summed E-state index contributed by atoms with van der Waals surface area (Å²) < 4.78 is 11.0. The van der Waals surface area contributed by atoms with Crippen molar-refractivity contribution in [2.45, 2.75) is 45.3 Å². The molecule has 4 rings (SSSR count). The third-order valence-corrected chi connectivity index (χ3v) is 6.69. The molecular weight excluding hydrogens is 438 g/mol. The Morgan fingerprint density at radius 1 is 1.39 bits per heavy atom. The van der Waals surface area contributed by atoms with E-state index < -0.39 is 12.0 Å². The summed E-state index contributed by atoms with van der Waals surface area (Å²) in [7, 11) is 0. The summed E-state index contributed by atoms with van der Waals surface area (Å²) in [6.45, 7) is 8.86. The molecule has 33 heavy (non-hydrogen) atoms. The number of carbonyl (C=O) groups is 2. The maximum atomic E-state index is 13.1. The Morgan fingerprint density at radius 2 is 2.24 bits per heavy atom. The molecule has 1 saturated heterocycles. The number of rotatable bonds is 8. The van der Waals surface area contributed by atoms with Crippen LogP contribution in [0.15, 0.2) is 64.3 Å². The van der Waals surface area contributed by atoms with E-state index >= 15 is 0 Å². The van der Waals surface area contributed by atoms with Gasteiger partial charge in [-0.1, -0.05) is 54.2 Å². The van der Waals surface area contributed by atoms with Crippen LogP contribution in [0.1, 0.15) is 43.4 Å². The third kappa shape index (κ3) is 5.23. The van der Waals surface area contributed by atoms with Crippen molar-refractivity contribution in [3.63, 3.8) is 0 Å². The lowest BCUT2D eigenvalue weighted by Gasteiger charge is -2.36. The van der Waals surface area contributed by atoms with Crippen molar-refractivity contribution in [3.05, 3.63) is 70.4 Å². The molecule has 1 aromatic carbocycles. The van der Waals surface area contributed by atoms with Crippen molar-refractivity contribution in [1.82, 2.24) is 10.2 Å². The molecule has 0 spiro atoms.